The number of hydrogen-bond acceptors (Lipinski definition) is 5. The summed E-state index contributed by atoms with van der Waals surface area (Å²) in [5, 5.41) is 20.6. The third kappa shape index (κ3) is 4.47. The second kappa shape index (κ2) is 8.15. The molecule has 1 aromatic heterocycles. The first-order chi connectivity index (χ1) is 11.9. The van der Waals surface area contributed by atoms with E-state index in [-0.39, 0.29) is 28.4 Å². The van der Waals surface area contributed by atoms with Crippen molar-refractivity contribution in [3.63, 3.8) is 0 Å². The normalized spacial score (nSPS) is 10.7. The van der Waals surface area contributed by atoms with E-state index in [1.807, 2.05) is 26.0 Å². The molecule has 5 heteroatoms. The van der Waals surface area contributed by atoms with Gasteiger partial charge in [-0.2, -0.15) is 0 Å². The molecule has 1 aromatic carbocycles. The molecule has 0 saturated heterocycles. The van der Waals surface area contributed by atoms with Crippen molar-refractivity contribution in [1.82, 2.24) is 4.98 Å². The maximum atomic E-state index is 12.6. The summed E-state index contributed by atoms with van der Waals surface area (Å²) in [5.41, 5.74) is 1.97. The minimum atomic E-state index is -0.432. The molecular weight excluding hydrogens is 318 g/mol. The Balaban J connectivity index is 2.44. The first kappa shape index (κ1) is 18.3. The van der Waals surface area contributed by atoms with Crippen molar-refractivity contribution in [3.8, 4) is 17.2 Å². The molecule has 2 aromatic rings. The number of aromatic nitrogens is 1. The van der Waals surface area contributed by atoms with Crippen LogP contribution in [0.5, 0.6) is 17.2 Å². The van der Waals surface area contributed by atoms with Gasteiger partial charge >= 0.3 is 0 Å². The van der Waals surface area contributed by atoms with Crippen molar-refractivity contribution in [2.45, 2.75) is 20.3 Å². The van der Waals surface area contributed by atoms with Gasteiger partial charge in [-0.25, -0.2) is 0 Å². The van der Waals surface area contributed by atoms with Gasteiger partial charge < -0.3 is 14.9 Å². The third-order valence-corrected chi connectivity index (χ3v) is 3.62. The molecule has 25 heavy (non-hydrogen) atoms. The largest absolute Gasteiger partial charge is 0.507 e. The number of nitrogens with zero attached hydrogens (tertiary/aromatic N) is 1. The van der Waals surface area contributed by atoms with Crippen LogP contribution in [0.1, 0.15) is 35.5 Å². The zero-order chi connectivity index (χ0) is 18.4. The molecule has 0 fully saturated rings. The van der Waals surface area contributed by atoms with E-state index >= 15 is 0 Å². The van der Waals surface area contributed by atoms with Crippen LogP contribution in [0.15, 0.2) is 48.2 Å². The third-order valence-electron chi connectivity index (χ3n) is 3.62. The number of ether oxygens (including phenoxy) is 1. The number of pyridine rings is 1. The van der Waals surface area contributed by atoms with Crippen LogP contribution in [0.3, 0.4) is 0 Å². The van der Waals surface area contributed by atoms with Crippen LogP contribution < -0.4 is 4.74 Å². The average molecular weight is 339 g/mol. The predicted octanol–water partition coefficient (Wildman–Crippen LogP) is 3.91. The number of carbonyl (C=O) groups excluding carboxylic acids is 1. The highest BCUT2D eigenvalue weighted by Crippen LogP contribution is 2.39. The average Bonchev–Trinajstić information content (AvgIpc) is 2.59. The van der Waals surface area contributed by atoms with Crippen molar-refractivity contribution in [2.24, 2.45) is 0 Å². The Bertz CT molecular complexity index is 819. The van der Waals surface area contributed by atoms with E-state index in [1.54, 1.807) is 24.4 Å². The Morgan fingerprint density at radius 2 is 2.04 bits per heavy atom. The summed E-state index contributed by atoms with van der Waals surface area (Å²) in [6.07, 6.45) is 6.68. The van der Waals surface area contributed by atoms with Gasteiger partial charge in [-0.3, -0.25) is 9.78 Å². The van der Waals surface area contributed by atoms with E-state index in [2.05, 4.69) is 4.98 Å². The summed E-state index contributed by atoms with van der Waals surface area (Å²) in [5.74, 6) is -0.702. The van der Waals surface area contributed by atoms with Crippen LogP contribution in [0.2, 0.25) is 0 Å². The monoisotopic (exact) mass is 339 g/mol. The lowest BCUT2D eigenvalue weighted by molar-refractivity contribution is 0.104. The van der Waals surface area contributed by atoms with Gasteiger partial charge in [-0.05, 0) is 44.6 Å². The molecule has 0 unspecified atom stereocenters. The Hall–Kier alpha value is -3.08. The van der Waals surface area contributed by atoms with Crippen LogP contribution in [0.4, 0.5) is 0 Å². The lowest BCUT2D eigenvalue weighted by atomic mass is 9.99. The van der Waals surface area contributed by atoms with Gasteiger partial charge in [0.05, 0.1) is 12.8 Å². The van der Waals surface area contributed by atoms with E-state index in [0.29, 0.717) is 12.1 Å². The molecule has 0 radical (unpaired) electrons. The van der Waals surface area contributed by atoms with E-state index < -0.39 is 5.78 Å². The molecule has 0 atom stereocenters. The molecule has 0 aliphatic rings. The highest BCUT2D eigenvalue weighted by atomic mass is 16.5. The van der Waals surface area contributed by atoms with E-state index in [9.17, 15) is 15.0 Å². The fourth-order valence-electron chi connectivity index (χ4n) is 2.30. The number of ketones is 1. The smallest absolute Gasteiger partial charge is 0.193 e. The van der Waals surface area contributed by atoms with E-state index in [4.69, 9.17) is 4.74 Å². The van der Waals surface area contributed by atoms with Crippen molar-refractivity contribution in [1.29, 1.82) is 0 Å². The molecule has 1 heterocycles. The van der Waals surface area contributed by atoms with Crippen molar-refractivity contribution < 1.29 is 19.7 Å². The second-order valence-electron chi connectivity index (χ2n) is 5.74. The minimum absolute atomic E-state index is 0.0182. The predicted molar refractivity (Wildman–Crippen MR) is 97.1 cm³/mol. The lowest BCUT2D eigenvalue weighted by Crippen LogP contribution is -2.02. The molecule has 2 N–H and O–H groups in total. The quantitative estimate of drug-likeness (QED) is 0.474. The number of rotatable bonds is 6. The SMILES string of the molecule is COc1cc(O)c(CC=C(C)C)c(O)c1C(=O)/C=C/c1ccccn1. The number of methoxy groups -OCH3 is 1. The zero-order valence-electron chi connectivity index (χ0n) is 14.5. The first-order valence-corrected chi connectivity index (χ1v) is 7.82. The van der Waals surface area contributed by atoms with E-state index in [0.717, 1.165) is 5.57 Å². The Kier molecular flexibility index (Phi) is 5.95. The van der Waals surface area contributed by atoms with Crippen LogP contribution in [-0.2, 0) is 6.42 Å². The van der Waals surface area contributed by atoms with Crippen molar-refractivity contribution >= 4 is 11.9 Å². The molecule has 5 nitrogen and oxygen atoms in total. The minimum Gasteiger partial charge on any atom is -0.507 e. The Labute approximate surface area is 146 Å². The summed E-state index contributed by atoms with van der Waals surface area (Å²) in [6, 6.07) is 6.70. The summed E-state index contributed by atoms with van der Waals surface area (Å²) in [4.78, 5) is 16.7. The van der Waals surface area contributed by atoms with Gasteiger partial charge in [0.25, 0.3) is 0 Å². The fraction of sp³-hybridized carbons (Fsp3) is 0.200. The highest BCUT2D eigenvalue weighted by Gasteiger charge is 2.21. The molecular formula is C20H21NO4. The van der Waals surface area contributed by atoms with Gasteiger partial charge in [-0.15, -0.1) is 0 Å². The molecule has 0 aliphatic heterocycles. The molecule has 0 saturated carbocycles. The molecule has 130 valence electrons. The van der Waals surface area contributed by atoms with Gasteiger partial charge in [0.2, 0.25) is 0 Å². The number of phenols is 2. The molecule has 0 spiro atoms. The van der Waals surface area contributed by atoms with E-state index in [1.165, 1.54) is 19.3 Å². The molecule has 2 rings (SSSR count). The Morgan fingerprint density at radius 3 is 2.64 bits per heavy atom. The maximum absolute atomic E-state index is 12.6. The molecule has 0 aliphatic carbocycles. The van der Waals surface area contributed by atoms with Gasteiger partial charge in [-0.1, -0.05) is 17.7 Å². The lowest BCUT2D eigenvalue weighted by Gasteiger charge is -2.13. The summed E-state index contributed by atoms with van der Waals surface area (Å²) in [6.45, 7) is 3.83. The summed E-state index contributed by atoms with van der Waals surface area (Å²) < 4.78 is 5.16. The van der Waals surface area contributed by atoms with Gasteiger partial charge in [0.1, 0.15) is 22.8 Å². The molecule has 0 amide bonds. The van der Waals surface area contributed by atoms with Crippen LogP contribution in [0.25, 0.3) is 6.08 Å². The second-order valence-corrected chi connectivity index (χ2v) is 5.74. The van der Waals surface area contributed by atoms with Crippen molar-refractivity contribution in [3.05, 3.63) is 65.0 Å². The number of carbonyl (C=O) groups is 1. The number of allylic oxidation sites excluding steroid dienone is 3. The molecule has 0 bridgehead atoms. The fourth-order valence-corrected chi connectivity index (χ4v) is 2.30. The van der Waals surface area contributed by atoms with Crippen LogP contribution in [-0.4, -0.2) is 28.1 Å². The van der Waals surface area contributed by atoms with Gasteiger partial charge in [0, 0.05) is 17.8 Å². The van der Waals surface area contributed by atoms with Crippen molar-refractivity contribution in [2.75, 3.05) is 7.11 Å². The number of aromatic hydroxyl groups is 2. The Morgan fingerprint density at radius 1 is 1.28 bits per heavy atom. The number of phenolic OH excluding ortho intramolecular Hbond substituents is 2. The summed E-state index contributed by atoms with van der Waals surface area (Å²) >= 11 is 0. The zero-order valence-corrected chi connectivity index (χ0v) is 14.5. The van der Waals surface area contributed by atoms with Crippen LogP contribution >= 0.6 is 0 Å². The maximum Gasteiger partial charge on any atom is 0.193 e. The first-order valence-electron chi connectivity index (χ1n) is 7.82. The highest BCUT2D eigenvalue weighted by molar-refractivity contribution is 6.11. The number of benzene rings is 1. The standard InChI is InChI=1S/C20H21NO4/c1-13(2)7-9-15-17(23)12-18(25-3)19(20(15)24)16(22)10-8-14-6-4-5-11-21-14/h4-8,10-12,23-24H,9H2,1-3H3/b10-8+. The van der Waals surface area contributed by atoms with Crippen LogP contribution in [0, 0.1) is 0 Å². The topological polar surface area (TPSA) is 79.6 Å². The van der Waals surface area contributed by atoms with Gasteiger partial charge in [0.15, 0.2) is 5.78 Å². The summed E-state index contributed by atoms with van der Waals surface area (Å²) in [7, 11) is 1.38. The number of hydrogen-bond donors (Lipinski definition) is 2.